The lowest BCUT2D eigenvalue weighted by Crippen LogP contribution is -2.35. The minimum Gasteiger partial charge on any atom is -0.198 e. The Kier molecular flexibility index (Phi) is 6.21. The van der Waals surface area contributed by atoms with Gasteiger partial charge in [-0.2, -0.15) is 4.57 Å². The molecule has 180 valence electrons. The zero-order valence-corrected chi connectivity index (χ0v) is 23.6. The number of aryl methyl sites for hydroxylation is 4. The van der Waals surface area contributed by atoms with Crippen molar-refractivity contribution in [2.75, 3.05) is 0 Å². The van der Waals surface area contributed by atoms with Gasteiger partial charge in [-0.1, -0.05) is 67.6 Å². The summed E-state index contributed by atoms with van der Waals surface area (Å²) in [6.45, 7) is 14.1. The largest absolute Gasteiger partial charge is 0.220 e. The van der Waals surface area contributed by atoms with Crippen LogP contribution in [-0.2, 0) is 7.05 Å². The van der Waals surface area contributed by atoms with Gasteiger partial charge < -0.3 is 0 Å². The van der Waals surface area contributed by atoms with Crippen LogP contribution in [-0.4, -0.2) is 8.07 Å². The summed E-state index contributed by atoms with van der Waals surface area (Å²) in [4.78, 5) is 0. The van der Waals surface area contributed by atoms with E-state index in [9.17, 15) is 0 Å². The molecule has 1 saturated heterocycles. The summed E-state index contributed by atoms with van der Waals surface area (Å²) in [6, 6.07) is 26.2. The smallest absolute Gasteiger partial charge is 0.198 e. The Morgan fingerprint density at radius 3 is 2.11 bits per heavy atom. The number of rotatable bonds is 3. The summed E-state index contributed by atoms with van der Waals surface area (Å²) in [5.74, 6) is 0.732. The van der Waals surface area contributed by atoms with Crippen LogP contribution < -0.4 is 4.57 Å². The summed E-state index contributed by atoms with van der Waals surface area (Å²) in [5.41, 5.74) is 12.2. The van der Waals surface area contributed by atoms with Crippen LogP contribution in [0.4, 0.5) is 0 Å². The van der Waals surface area contributed by atoms with Gasteiger partial charge in [0.2, 0.25) is 5.69 Å². The van der Waals surface area contributed by atoms with Gasteiger partial charge in [0, 0.05) is 26.6 Å². The normalized spacial score (nSPS) is 16.1. The summed E-state index contributed by atoms with van der Waals surface area (Å²) in [5, 5.41) is 2.74. The molecular weight excluding hydrogens is 438 g/mol. The number of aromatic nitrogens is 1. The van der Waals surface area contributed by atoms with Crippen molar-refractivity contribution in [1.29, 1.82) is 0 Å². The maximum atomic E-state index is 2.56. The molecule has 0 saturated carbocycles. The Labute approximate surface area is 212 Å². The van der Waals surface area contributed by atoms with E-state index in [1.165, 1.54) is 80.5 Å². The Morgan fingerprint density at radius 1 is 0.771 bits per heavy atom. The molecule has 5 rings (SSSR count). The lowest BCUT2D eigenvalue weighted by Gasteiger charge is -2.33. The zero-order valence-electron chi connectivity index (χ0n) is 22.6. The average Bonchev–Trinajstić information content (AvgIpc) is 2.80. The van der Waals surface area contributed by atoms with Crippen molar-refractivity contribution < 1.29 is 4.57 Å². The highest BCUT2D eigenvalue weighted by atomic mass is 28.3. The molecule has 1 aromatic heterocycles. The number of hydrogen-bond donors (Lipinski definition) is 0. The maximum absolute atomic E-state index is 2.56. The van der Waals surface area contributed by atoms with Crippen LogP contribution in [0, 0.1) is 27.7 Å². The molecule has 0 atom stereocenters. The van der Waals surface area contributed by atoms with Gasteiger partial charge in [0.1, 0.15) is 7.05 Å². The quantitative estimate of drug-likeness (QED) is 0.204. The fourth-order valence-electron chi connectivity index (χ4n) is 6.26. The molecule has 1 fully saturated rings. The highest BCUT2D eigenvalue weighted by molar-refractivity contribution is 6.77. The third kappa shape index (κ3) is 4.49. The van der Waals surface area contributed by atoms with Gasteiger partial charge >= 0.3 is 0 Å². The van der Waals surface area contributed by atoms with E-state index in [4.69, 9.17) is 0 Å². The van der Waals surface area contributed by atoms with E-state index in [1.54, 1.807) is 5.56 Å². The molecular formula is C33H40NSi+. The topological polar surface area (TPSA) is 3.88 Å². The van der Waals surface area contributed by atoms with Crippen molar-refractivity contribution in [2.45, 2.75) is 71.6 Å². The van der Waals surface area contributed by atoms with Crippen LogP contribution in [0.2, 0.25) is 25.2 Å². The lowest BCUT2D eigenvalue weighted by atomic mass is 9.89. The van der Waals surface area contributed by atoms with Crippen LogP contribution in [0.3, 0.4) is 0 Å². The van der Waals surface area contributed by atoms with Crippen LogP contribution in [0.15, 0.2) is 60.7 Å². The van der Waals surface area contributed by atoms with Crippen LogP contribution in [0.1, 0.15) is 46.7 Å². The van der Waals surface area contributed by atoms with Gasteiger partial charge in [0.25, 0.3) is 0 Å². The van der Waals surface area contributed by atoms with E-state index in [2.05, 4.69) is 113 Å². The van der Waals surface area contributed by atoms with E-state index in [0.717, 1.165) is 5.92 Å². The fourth-order valence-corrected chi connectivity index (χ4v) is 8.77. The first kappa shape index (κ1) is 24.0. The average molecular weight is 479 g/mol. The van der Waals surface area contributed by atoms with Crippen LogP contribution in [0.5, 0.6) is 0 Å². The zero-order chi connectivity index (χ0) is 24.9. The van der Waals surface area contributed by atoms with Gasteiger partial charge in [0.15, 0.2) is 5.69 Å². The molecule has 1 nitrogen and oxygen atoms in total. The number of pyridine rings is 1. The second-order valence-corrected chi connectivity index (χ2v) is 17.1. The third-order valence-corrected chi connectivity index (χ3v) is 11.9. The molecule has 0 radical (unpaired) electrons. The first-order valence-electron chi connectivity index (χ1n) is 13.3. The van der Waals surface area contributed by atoms with E-state index in [0.29, 0.717) is 0 Å². The van der Waals surface area contributed by atoms with Gasteiger partial charge in [-0.15, -0.1) is 0 Å². The Hall–Kier alpha value is -2.71. The molecule has 1 aliphatic heterocycles. The summed E-state index contributed by atoms with van der Waals surface area (Å²) < 4.78 is 2.37. The standard InChI is InChI=1S/C33H40NSi/c1-22-9-8-10-23(2)32(22)28-12-13-30(24(3)19-28)33-31-14-11-27(21-29(31)20-25(4)34(33)5)26-15-17-35(6,7)18-16-26/h8-14,19-21,26H,15-18H2,1-7H3/q+1. The SMILES string of the molecule is Cc1cc(-c2c(C)cccc2C)ccc1-c1c2ccc(C3CC[Si](C)(C)CC3)cc2cc(C)[n+]1C. The van der Waals surface area contributed by atoms with Crippen LogP contribution in [0.25, 0.3) is 33.2 Å². The molecule has 1 aliphatic rings. The van der Waals surface area contributed by atoms with Gasteiger partial charge in [-0.3, -0.25) is 0 Å². The third-order valence-electron chi connectivity index (χ3n) is 8.62. The van der Waals surface area contributed by atoms with Crippen molar-refractivity contribution in [3.63, 3.8) is 0 Å². The first-order valence-corrected chi connectivity index (χ1v) is 16.7. The van der Waals surface area contributed by atoms with Gasteiger partial charge in [0.05, 0.1) is 5.39 Å². The number of hydrogen-bond acceptors (Lipinski definition) is 0. The monoisotopic (exact) mass is 478 g/mol. The maximum Gasteiger partial charge on any atom is 0.220 e. The molecule has 2 heterocycles. The predicted octanol–water partition coefficient (Wildman–Crippen LogP) is 8.82. The van der Waals surface area contributed by atoms with Gasteiger partial charge in [-0.05, 0) is 90.4 Å². The molecule has 3 aromatic carbocycles. The number of fused-ring (bicyclic) bond motifs is 1. The molecule has 2 heteroatoms. The molecule has 0 aliphatic carbocycles. The van der Waals surface area contributed by atoms with Crippen molar-refractivity contribution >= 4 is 18.8 Å². The van der Waals surface area contributed by atoms with E-state index in [-0.39, 0.29) is 0 Å². The van der Waals surface area contributed by atoms with Crippen molar-refractivity contribution in [3.05, 3.63) is 88.6 Å². The summed E-state index contributed by atoms with van der Waals surface area (Å²) >= 11 is 0. The Bertz CT molecular complexity index is 1400. The molecule has 35 heavy (non-hydrogen) atoms. The van der Waals surface area contributed by atoms with Crippen molar-refractivity contribution in [2.24, 2.45) is 7.05 Å². The summed E-state index contributed by atoms with van der Waals surface area (Å²) in [7, 11) is 1.28. The Balaban J connectivity index is 1.59. The predicted molar refractivity (Wildman–Crippen MR) is 154 cm³/mol. The highest BCUT2D eigenvalue weighted by Gasteiger charge is 2.29. The van der Waals surface area contributed by atoms with Crippen molar-refractivity contribution in [3.8, 4) is 22.4 Å². The summed E-state index contributed by atoms with van der Waals surface area (Å²) in [6.07, 6.45) is 2.74. The highest BCUT2D eigenvalue weighted by Crippen LogP contribution is 2.40. The molecule has 0 bridgehead atoms. The van der Waals surface area contributed by atoms with Gasteiger partial charge in [-0.25, -0.2) is 0 Å². The Morgan fingerprint density at radius 2 is 1.46 bits per heavy atom. The fraction of sp³-hybridized carbons (Fsp3) is 0.364. The second kappa shape index (κ2) is 9.06. The molecule has 0 N–H and O–H groups in total. The number of benzene rings is 3. The van der Waals surface area contributed by atoms with Crippen LogP contribution >= 0.6 is 0 Å². The van der Waals surface area contributed by atoms with E-state index in [1.807, 2.05) is 0 Å². The van der Waals surface area contributed by atoms with E-state index < -0.39 is 8.07 Å². The minimum absolute atomic E-state index is 0.732. The molecule has 4 aromatic rings. The lowest BCUT2D eigenvalue weighted by molar-refractivity contribution is -0.665. The first-order chi connectivity index (χ1) is 16.6. The number of nitrogens with zero attached hydrogens (tertiary/aromatic N) is 1. The van der Waals surface area contributed by atoms with Crippen molar-refractivity contribution in [1.82, 2.24) is 0 Å². The molecule has 0 amide bonds. The minimum atomic E-state index is -0.934. The second-order valence-electron chi connectivity index (χ2n) is 11.8. The molecule has 0 spiro atoms. The molecule has 0 unspecified atom stereocenters. The van der Waals surface area contributed by atoms with E-state index >= 15 is 0 Å².